The summed E-state index contributed by atoms with van der Waals surface area (Å²) >= 11 is 9.97. The van der Waals surface area contributed by atoms with E-state index in [0.717, 1.165) is 4.90 Å². The van der Waals surface area contributed by atoms with Crippen molar-refractivity contribution >= 4 is 68.5 Å². The van der Waals surface area contributed by atoms with Crippen molar-refractivity contribution in [2.45, 2.75) is 26.9 Å². The fourth-order valence-electron chi connectivity index (χ4n) is 2.99. The molecular weight excluding hydrogens is 562 g/mol. The largest absolute Gasteiger partial charge is 0.490 e. The Morgan fingerprint density at radius 2 is 1.86 bits per heavy atom. The zero-order valence-corrected chi connectivity index (χ0v) is 22.2. The lowest BCUT2D eigenvalue weighted by Crippen LogP contribution is -2.35. The summed E-state index contributed by atoms with van der Waals surface area (Å²) in [6.07, 6.45) is 1.14. The van der Waals surface area contributed by atoms with Gasteiger partial charge < -0.3 is 14.2 Å². The van der Waals surface area contributed by atoms with Gasteiger partial charge in [-0.15, -0.1) is 0 Å². The summed E-state index contributed by atoms with van der Waals surface area (Å²) in [7, 11) is 0. The summed E-state index contributed by atoms with van der Waals surface area (Å²) in [6.45, 7) is 4.95. The van der Waals surface area contributed by atoms with Crippen molar-refractivity contribution in [2.75, 3.05) is 13.2 Å². The summed E-state index contributed by atoms with van der Waals surface area (Å²) in [5, 5.41) is -0.0807. The van der Waals surface area contributed by atoms with Crippen LogP contribution in [0.15, 0.2) is 45.8 Å². The number of carbonyl (C=O) groups is 4. The topological polar surface area (TPSA) is 99.2 Å². The maximum Gasteiger partial charge on any atom is 0.343 e. The zero-order chi connectivity index (χ0) is 25.7. The first-order valence-electron chi connectivity index (χ1n) is 10.5. The maximum absolute atomic E-state index is 12.7. The minimum absolute atomic E-state index is 0.132. The second kappa shape index (κ2) is 11.7. The van der Waals surface area contributed by atoms with E-state index < -0.39 is 29.6 Å². The van der Waals surface area contributed by atoms with Crippen LogP contribution in [-0.4, -0.2) is 47.2 Å². The number of imide groups is 1. The van der Waals surface area contributed by atoms with Crippen LogP contribution in [0.1, 0.15) is 36.7 Å². The molecule has 0 bridgehead atoms. The Kier molecular flexibility index (Phi) is 8.98. The van der Waals surface area contributed by atoms with Crippen LogP contribution in [0, 0.1) is 0 Å². The number of rotatable bonds is 8. The average Bonchev–Trinajstić information content (AvgIpc) is 3.03. The molecule has 0 radical (unpaired) electrons. The number of carbonyl (C=O) groups excluding carboxylic acids is 4. The number of ether oxygens (including phenoxy) is 3. The van der Waals surface area contributed by atoms with Gasteiger partial charge in [0.2, 0.25) is 0 Å². The molecule has 0 spiro atoms. The lowest BCUT2D eigenvalue weighted by Gasteiger charge is -2.14. The van der Waals surface area contributed by atoms with Gasteiger partial charge >= 0.3 is 11.9 Å². The highest BCUT2D eigenvalue weighted by Gasteiger charge is 2.37. The van der Waals surface area contributed by atoms with Gasteiger partial charge in [-0.25, -0.2) is 4.79 Å². The third kappa shape index (κ3) is 6.87. The minimum Gasteiger partial charge on any atom is -0.490 e. The first-order chi connectivity index (χ1) is 16.6. The minimum atomic E-state index is -0.670. The molecule has 0 N–H and O–H groups in total. The van der Waals surface area contributed by atoms with E-state index in [1.165, 1.54) is 6.08 Å². The van der Waals surface area contributed by atoms with Gasteiger partial charge in [0.25, 0.3) is 11.1 Å². The van der Waals surface area contributed by atoms with Crippen LogP contribution in [0.4, 0.5) is 4.79 Å². The Morgan fingerprint density at radius 3 is 2.49 bits per heavy atom. The average molecular weight is 583 g/mol. The summed E-state index contributed by atoms with van der Waals surface area (Å²) in [4.78, 5) is 50.5. The summed E-state index contributed by atoms with van der Waals surface area (Å²) in [5.41, 5.74) is 0.819. The molecular formula is C24H21BrClNO7S. The lowest BCUT2D eigenvalue weighted by atomic mass is 10.1. The van der Waals surface area contributed by atoms with Crippen LogP contribution >= 0.6 is 39.3 Å². The van der Waals surface area contributed by atoms with Crippen molar-refractivity contribution in [1.29, 1.82) is 0 Å². The first kappa shape index (κ1) is 26.8. The van der Waals surface area contributed by atoms with E-state index in [1.54, 1.807) is 57.2 Å². The number of thioether (sulfide) groups is 1. The molecule has 0 aliphatic carbocycles. The summed E-state index contributed by atoms with van der Waals surface area (Å²) < 4.78 is 16.6. The molecule has 0 aromatic heterocycles. The van der Waals surface area contributed by atoms with Crippen LogP contribution in [0.3, 0.4) is 0 Å². The zero-order valence-electron chi connectivity index (χ0n) is 19.0. The van der Waals surface area contributed by atoms with Gasteiger partial charge in [-0.3, -0.25) is 19.3 Å². The molecule has 3 rings (SSSR count). The molecule has 184 valence electrons. The third-order valence-corrected chi connectivity index (χ3v) is 6.18. The highest BCUT2D eigenvalue weighted by atomic mass is 79.9. The van der Waals surface area contributed by atoms with Crippen LogP contribution in [0.25, 0.3) is 6.08 Å². The quantitative estimate of drug-likeness (QED) is 0.222. The van der Waals surface area contributed by atoms with Crippen molar-refractivity contribution < 1.29 is 33.4 Å². The van der Waals surface area contributed by atoms with Crippen LogP contribution in [-0.2, 0) is 14.3 Å². The van der Waals surface area contributed by atoms with Gasteiger partial charge in [-0.05, 0) is 96.5 Å². The number of benzene rings is 2. The predicted molar refractivity (Wildman–Crippen MR) is 136 cm³/mol. The van der Waals surface area contributed by atoms with Crippen LogP contribution in [0.2, 0.25) is 5.02 Å². The standard InChI is InChI=1S/C24H21BrClNO7S/c1-4-32-18-10-14(9-17(25)21(18)34-23(30)15-5-7-16(26)8-6-15)11-19-22(29)27(24(31)35-19)12-20(28)33-13(2)3/h5-11,13H,4,12H2,1-3H3/b19-11-. The maximum atomic E-state index is 12.7. The van der Waals surface area contributed by atoms with Gasteiger partial charge in [0, 0.05) is 5.02 Å². The van der Waals surface area contributed by atoms with E-state index >= 15 is 0 Å². The molecule has 1 fully saturated rings. The molecule has 2 aromatic carbocycles. The second-order valence-electron chi connectivity index (χ2n) is 7.47. The highest BCUT2D eigenvalue weighted by Crippen LogP contribution is 2.39. The fourth-order valence-corrected chi connectivity index (χ4v) is 4.49. The van der Waals surface area contributed by atoms with Crippen molar-refractivity contribution in [1.82, 2.24) is 4.90 Å². The Labute approximate surface area is 219 Å². The normalized spacial score (nSPS) is 14.6. The number of amides is 2. The van der Waals surface area contributed by atoms with Gasteiger partial charge in [-0.1, -0.05) is 11.6 Å². The molecule has 1 aliphatic rings. The number of halogens is 2. The molecule has 1 aliphatic heterocycles. The van der Waals surface area contributed by atoms with Crippen molar-refractivity contribution in [2.24, 2.45) is 0 Å². The molecule has 11 heteroatoms. The van der Waals surface area contributed by atoms with Gasteiger partial charge in [0.15, 0.2) is 11.5 Å². The Hall–Kier alpha value is -2.82. The molecule has 0 saturated carbocycles. The number of esters is 2. The molecule has 2 aromatic rings. The summed E-state index contributed by atoms with van der Waals surface area (Å²) in [6, 6.07) is 9.44. The van der Waals surface area contributed by atoms with E-state index in [0.29, 0.717) is 32.4 Å². The molecule has 1 saturated heterocycles. The molecule has 0 atom stereocenters. The fraction of sp³-hybridized carbons (Fsp3) is 0.250. The van der Waals surface area contributed by atoms with Crippen LogP contribution < -0.4 is 9.47 Å². The van der Waals surface area contributed by atoms with Crippen molar-refractivity contribution in [3.8, 4) is 11.5 Å². The Balaban J connectivity index is 1.84. The van der Waals surface area contributed by atoms with Gasteiger partial charge in [0.05, 0.1) is 27.7 Å². The molecule has 35 heavy (non-hydrogen) atoms. The third-order valence-electron chi connectivity index (χ3n) is 4.43. The van der Waals surface area contributed by atoms with Crippen molar-refractivity contribution in [3.05, 3.63) is 61.9 Å². The van der Waals surface area contributed by atoms with Crippen molar-refractivity contribution in [3.63, 3.8) is 0 Å². The lowest BCUT2D eigenvalue weighted by molar-refractivity contribution is -0.149. The number of hydrogen-bond donors (Lipinski definition) is 0. The van der Waals surface area contributed by atoms with E-state index in [-0.39, 0.29) is 29.1 Å². The number of hydrogen-bond acceptors (Lipinski definition) is 8. The monoisotopic (exact) mass is 581 g/mol. The summed E-state index contributed by atoms with van der Waals surface area (Å²) in [5.74, 6) is -1.46. The Morgan fingerprint density at radius 1 is 1.17 bits per heavy atom. The highest BCUT2D eigenvalue weighted by molar-refractivity contribution is 9.10. The van der Waals surface area contributed by atoms with E-state index in [9.17, 15) is 19.2 Å². The van der Waals surface area contributed by atoms with Gasteiger partial charge in [-0.2, -0.15) is 0 Å². The van der Waals surface area contributed by atoms with E-state index in [4.69, 9.17) is 25.8 Å². The predicted octanol–water partition coefficient (Wildman–Crippen LogP) is 5.71. The Bertz CT molecular complexity index is 1200. The van der Waals surface area contributed by atoms with E-state index in [2.05, 4.69) is 15.9 Å². The first-order valence-corrected chi connectivity index (χ1v) is 12.5. The molecule has 2 amide bonds. The molecule has 8 nitrogen and oxygen atoms in total. The van der Waals surface area contributed by atoms with Gasteiger partial charge in [0.1, 0.15) is 6.54 Å². The molecule has 1 heterocycles. The SMILES string of the molecule is CCOc1cc(/C=C2\SC(=O)N(CC(=O)OC(C)C)C2=O)cc(Br)c1OC(=O)c1ccc(Cl)cc1. The van der Waals surface area contributed by atoms with E-state index in [1.807, 2.05) is 0 Å². The molecule has 0 unspecified atom stereocenters. The number of nitrogens with zero attached hydrogens (tertiary/aromatic N) is 1. The smallest absolute Gasteiger partial charge is 0.343 e. The second-order valence-corrected chi connectivity index (χ2v) is 9.75. The van der Waals surface area contributed by atoms with Crippen LogP contribution in [0.5, 0.6) is 11.5 Å².